The van der Waals surface area contributed by atoms with E-state index in [9.17, 15) is 29.7 Å². The number of anilines is 1. The number of nitrogens with zero attached hydrogens (tertiary/aromatic N) is 1. The van der Waals surface area contributed by atoms with Crippen molar-refractivity contribution in [1.29, 1.82) is 0 Å². The lowest BCUT2D eigenvalue weighted by molar-refractivity contribution is -0.177. The fraction of sp³-hybridized carbons (Fsp3) is 0.341. The molecule has 3 aliphatic heterocycles. The zero-order valence-electron chi connectivity index (χ0n) is 31.2. The van der Waals surface area contributed by atoms with Gasteiger partial charge in [0.25, 0.3) is 5.91 Å². The number of aromatic hydroxyl groups is 1. The number of aromatic amines is 1. The highest BCUT2D eigenvalue weighted by molar-refractivity contribution is 6.04. The molecule has 12 nitrogen and oxygen atoms in total. The van der Waals surface area contributed by atoms with Gasteiger partial charge >= 0.3 is 5.97 Å². The Kier molecular flexibility index (Phi) is 12.1. The minimum atomic E-state index is -2.07. The third kappa shape index (κ3) is 8.79. The van der Waals surface area contributed by atoms with E-state index < -0.39 is 17.7 Å². The van der Waals surface area contributed by atoms with Crippen LogP contribution in [-0.2, 0) is 15.1 Å². The van der Waals surface area contributed by atoms with E-state index in [1.807, 2.05) is 6.07 Å². The average molecular weight is 761 g/mol. The lowest BCUT2D eigenvalue weighted by Gasteiger charge is -2.44. The van der Waals surface area contributed by atoms with Gasteiger partial charge in [-0.1, -0.05) is 48.5 Å². The van der Waals surface area contributed by atoms with Crippen LogP contribution >= 0.6 is 0 Å². The predicted molar refractivity (Wildman–Crippen MR) is 213 cm³/mol. The minimum Gasteiger partial charge on any atom is -0.506 e. The zero-order valence-corrected chi connectivity index (χ0v) is 31.2. The number of phenols is 1. The molecule has 2 bridgehead atoms. The number of hydrogen-bond donors (Lipinski definition) is 6. The molecular weight excluding hydrogens is 713 g/mol. The van der Waals surface area contributed by atoms with E-state index in [1.165, 1.54) is 12.1 Å². The van der Waals surface area contributed by atoms with Crippen LogP contribution in [0.5, 0.6) is 11.5 Å². The lowest BCUT2D eigenvalue weighted by Crippen LogP contribution is -2.53. The lowest BCUT2D eigenvalue weighted by atomic mass is 9.84. The highest BCUT2D eigenvalue weighted by Crippen LogP contribution is 2.36. The highest BCUT2D eigenvalue weighted by atomic mass is 16.6. The zero-order chi connectivity index (χ0) is 39.1. The van der Waals surface area contributed by atoms with Crippen LogP contribution in [0.1, 0.15) is 65.3 Å². The van der Waals surface area contributed by atoms with Crippen LogP contribution in [-0.4, -0.2) is 82.5 Å². The van der Waals surface area contributed by atoms with Crippen LogP contribution < -0.4 is 20.9 Å². The summed E-state index contributed by atoms with van der Waals surface area (Å²) in [7, 11) is 0. The summed E-state index contributed by atoms with van der Waals surface area (Å²) in [4.78, 5) is 43.7. The number of fused-ring (bicyclic) bond motifs is 4. The van der Waals surface area contributed by atoms with Gasteiger partial charge in [-0.2, -0.15) is 0 Å². The van der Waals surface area contributed by atoms with Gasteiger partial charge < -0.3 is 40.4 Å². The van der Waals surface area contributed by atoms with E-state index >= 15 is 0 Å². The highest BCUT2D eigenvalue weighted by Gasteiger charge is 2.45. The standard InChI is InChI=1S/C44H48N4O8/c49-37-18-16-35(36-17-19-40(51)47-41(36)37)38(50)27-45-22-5-2-6-25-55-34-14-12-30(13-15-34)42(52)46-33-11-7-10-32(26-33)44(54,31-8-3-1-4-9-31)43(53)56-39-28-48-23-20-29(39)21-24-48/h1,3-4,7-19,26,29,38-39,45,49-50,54H,2,5-6,20-25,27-28H2,(H,46,52)(H,47,51)/t38-,39+,44?/m0/s1. The molecule has 8 rings (SSSR count). The van der Waals surface area contributed by atoms with E-state index in [0.29, 0.717) is 70.8 Å². The van der Waals surface area contributed by atoms with E-state index in [1.54, 1.807) is 84.9 Å². The number of carbonyl (C=O) groups excluding carboxylic acids is 2. The normalized spacial score (nSPS) is 19.2. The number of unbranched alkanes of at least 4 members (excludes halogenated alkanes) is 2. The number of aliphatic hydroxyl groups excluding tert-OH is 1. The number of aromatic nitrogens is 1. The van der Waals surface area contributed by atoms with E-state index in [0.717, 1.165) is 45.2 Å². The Balaban J connectivity index is 0.871. The molecule has 3 saturated heterocycles. The van der Waals surface area contributed by atoms with Gasteiger partial charge in [0, 0.05) is 41.4 Å². The van der Waals surface area contributed by atoms with E-state index in [2.05, 4.69) is 20.5 Å². The number of piperidine rings is 3. The monoisotopic (exact) mass is 760 g/mol. The number of carbonyl (C=O) groups is 2. The first-order valence-electron chi connectivity index (χ1n) is 19.3. The average Bonchev–Trinajstić information content (AvgIpc) is 3.22. The maximum absolute atomic E-state index is 13.9. The number of pyridine rings is 1. The smallest absolute Gasteiger partial charge is 0.348 e. The molecule has 12 heteroatoms. The Morgan fingerprint density at radius 3 is 2.41 bits per heavy atom. The number of esters is 1. The second-order valence-corrected chi connectivity index (χ2v) is 14.6. The molecule has 1 unspecified atom stereocenters. The SMILES string of the molecule is O=C(Nc1cccc(C(O)(C(=O)O[C@@H]2CN3CCC2CC3)c2ccccc2)c1)c1ccc(OCCCCCNC[C@H](O)c2ccc(O)c3[nH]c(=O)ccc23)cc1. The van der Waals surface area contributed by atoms with Gasteiger partial charge in [-0.3, -0.25) is 14.5 Å². The number of hydrogen-bond acceptors (Lipinski definition) is 10. The van der Waals surface area contributed by atoms with Crippen LogP contribution in [0.2, 0.25) is 0 Å². The third-order valence-electron chi connectivity index (χ3n) is 10.9. The maximum Gasteiger partial charge on any atom is 0.348 e. The van der Waals surface area contributed by atoms with Crippen LogP contribution in [0.15, 0.2) is 108 Å². The number of aliphatic hydroxyl groups is 2. The first kappa shape index (κ1) is 38.7. The van der Waals surface area contributed by atoms with Crippen LogP contribution in [0.3, 0.4) is 0 Å². The number of H-pyrrole nitrogens is 1. The molecule has 0 aliphatic carbocycles. The van der Waals surface area contributed by atoms with E-state index in [4.69, 9.17) is 9.47 Å². The molecular formula is C44H48N4O8. The number of rotatable bonds is 16. The molecule has 3 fully saturated rings. The largest absolute Gasteiger partial charge is 0.506 e. The summed E-state index contributed by atoms with van der Waals surface area (Å²) < 4.78 is 11.9. The fourth-order valence-corrected chi connectivity index (χ4v) is 7.69. The van der Waals surface area contributed by atoms with Crippen molar-refractivity contribution in [2.75, 3.05) is 44.6 Å². The number of phenolic OH excluding ortho intramolecular Hbond substituents is 1. The van der Waals surface area contributed by atoms with Crippen molar-refractivity contribution in [2.24, 2.45) is 5.92 Å². The first-order valence-corrected chi connectivity index (χ1v) is 19.3. The van der Waals surface area contributed by atoms with Gasteiger partial charge in [-0.15, -0.1) is 0 Å². The van der Waals surface area contributed by atoms with Gasteiger partial charge in [0.15, 0.2) is 0 Å². The molecule has 1 aromatic heterocycles. The molecule has 5 aromatic rings. The summed E-state index contributed by atoms with van der Waals surface area (Å²) in [6.07, 6.45) is 3.46. The number of nitrogens with one attached hydrogen (secondary N) is 3. The molecule has 0 saturated carbocycles. The van der Waals surface area contributed by atoms with Crippen LogP contribution in [0.25, 0.3) is 10.9 Å². The van der Waals surface area contributed by atoms with Gasteiger partial charge in [0.2, 0.25) is 11.2 Å². The van der Waals surface area contributed by atoms with Gasteiger partial charge in [0.1, 0.15) is 17.6 Å². The summed E-state index contributed by atoms with van der Waals surface area (Å²) in [6, 6.07) is 28.4. The van der Waals surface area contributed by atoms with Crippen molar-refractivity contribution in [3.63, 3.8) is 0 Å². The molecule has 1 amide bonds. The molecule has 0 radical (unpaired) electrons. The molecule has 292 valence electrons. The Morgan fingerprint density at radius 2 is 1.66 bits per heavy atom. The fourth-order valence-electron chi connectivity index (χ4n) is 7.69. The maximum atomic E-state index is 13.9. The molecule has 0 spiro atoms. The molecule has 3 aliphatic rings. The van der Waals surface area contributed by atoms with Crippen LogP contribution in [0, 0.1) is 5.92 Å². The summed E-state index contributed by atoms with van der Waals surface area (Å²) in [5.74, 6) is -0.196. The second kappa shape index (κ2) is 17.5. The molecule has 6 N–H and O–H groups in total. The number of ether oxygens (including phenoxy) is 2. The molecule has 3 atom stereocenters. The third-order valence-corrected chi connectivity index (χ3v) is 10.9. The van der Waals surface area contributed by atoms with Crippen LogP contribution in [0.4, 0.5) is 5.69 Å². The van der Waals surface area contributed by atoms with Gasteiger partial charge in [-0.25, -0.2) is 4.79 Å². The Bertz CT molecular complexity index is 2190. The van der Waals surface area contributed by atoms with Gasteiger partial charge in [-0.05, 0) is 117 Å². The van der Waals surface area contributed by atoms with E-state index in [-0.39, 0.29) is 29.2 Å². The quantitative estimate of drug-likeness (QED) is 0.0578. The summed E-state index contributed by atoms with van der Waals surface area (Å²) >= 11 is 0. The van der Waals surface area contributed by atoms with Crippen molar-refractivity contribution in [2.45, 2.75) is 49.9 Å². The topological polar surface area (TPSA) is 173 Å². The van der Waals surface area contributed by atoms with Crippen molar-refractivity contribution in [1.82, 2.24) is 15.2 Å². The number of benzene rings is 4. The predicted octanol–water partition coefficient (Wildman–Crippen LogP) is 5.23. The minimum absolute atomic E-state index is 0.0431. The van der Waals surface area contributed by atoms with Gasteiger partial charge in [0.05, 0.1) is 18.2 Å². The summed E-state index contributed by atoms with van der Waals surface area (Å²) in [6.45, 7) is 4.20. The first-order chi connectivity index (χ1) is 27.2. The van der Waals surface area contributed by atoms with Crippen molar-refractivity contribution >= 4 is 28.5 Å². The Hall–Kier alpha value is -5.53. The van der Waals surface area contributed by atoms with Crippen molar-refractivity contribution in [3.8, 4) is 11.5 Å². The Morgan fingerprint density at radius 1 is 0.893 bits per heavy atom. The molecule has 56 heavy (non-hydrogen) atoms. The molecule has 4 aromatic carbocycles. The molecule has 4 heterocycles. The summed E-state index contributed by atoms with van der Waals surface area (Å²) in [5.41, 5.74) is 0.0708. The van der Waals surface area contributed by atoms with Crippen molar-refractivity contribution < 1.29 is 34.4 Å². The second-order valence-electron chi connectivity index (χ2n) is 14.6. The summed E-state index contributed by atoms with van der Waals surface area (Å²) in [5, 5.41) is 39.7. The number of amides is 1. The van der Waals surface area contributed by atoms with Crippen molar-refractivity contribution in [3.05, 3.63) is 136 Å². The Labute approximate surface area is 325 Å².